The molecule has 1 aromatic heterocycles. The van der Waals surface area contributed by atoms with Crippen molar-refractivity contribution >= 4 is 5.82 Å². The Hall–Kier alpha value is -1.36. The van der Waals surface area contributed by atoms with E-state index in [1.54, 1.807) is 6.07 Å². The van der Waals surface area contributed by atoms with Crippen LogP contribution in [0.25, 0.3) is 0 Å². The fraction of sp³-hybridized carbons (Fsp3) is 0.692. The molecule has 3 unspecified atom stereocenters. The minimum atomic E-state index is -0.0570. The zero-order valence-corrected chi connectivity index (χ0v) is 10.2. The van der Waals surface area contributed by atoms with E-state index in [0.717, 1.165) is 31.5 Å². The Morgan fingerprint density at radius 2 is 2.22 bits per heavy atom. The predicted molar refractivity (Wildman–Crippen MR) is 66.8 cm³/mol. The standard InChI is InChI=1S/C13H17N3O2/c17-12-6-11(15-13(16-12)7-1-2-7)14-9-5-8-3-4-10(9)18-8/h6-10H,1-5H2,(H2,14,15,16,17). The maximum atomic E-state index is 11.6. The Bertz CT molecular complexity index is 523. The maximum absolute atomic E-state index is 11.6. The van der Waals surface area contributed by atoms with Crippen LogP contribution in [0.3, 0.4) is 0 Å². The van der Waals surface area contributed by atoms with E-state index in [1.165, 1.54) is 6.42 Å². The van der Waals surface area contributed by atoms with Crippen molar-refractivity contribution in [3.05, 3.63) is 22.2 Å². The van der Waals surface area contributed by atoms with Crippen LogP contribution in [0.1, 0.15) is 43.8 Å². The van der Waals surface area contributed by atoms with Crippen LogP contribution in [0, 0.1) is 0 Å². The number of anilines is 1. The van der Waals surface area contributed by atoms with Gasteiger partial charge in [0.05, 0.1) is 18.2 Å². The molecular formula is C13H17N3O2. The number of rotatable bonds is 3. The average Bonchev–Trinajstić information content (AvgIpc) is 3.00. The van der Waals surface area contributed by atoms with Gasteiger partial charge in [-0.15, -0.1) is 0 Å². The molecule has 3 atom stereocenters. The van der Waals surface area contributed by atoms with Crippen molar-refractivity contribution in [1.82, 2.24) is 9.97 Å². The number of hydrogen-bond donors (Lipinski definition) is 2. The van der Waals surface area contributed by atoms with Crippen molar-refractivity contribution in [2.45, 2.75) is 56.3 Å². The molecule has 2 aliphatic heterocycles. The number of aromatic nitrogens is 2. The first-order valence-electron chi connectivity index (χ1n) is 6.81. The van der Waals surface area contributed by atoms with Crippen LogP contribution in [-0.4, -0.2) is 28.2 Å². The van der Waals surface area contributed by atoms with E-state index in [-0.39, 0.29) is 5.56 Å². The summed E-state index contributed by atoms with van der Waals surface area (Å²) in [6.45, 7) is 0. The van der Waals surface area contributed by atoms with Crippen molar-refractivity contribution in [3.8, 4) is 0 Å². The van der Waals surface area contributed by atoms with Gasteiger partial charge < -0.3 is 15.0 Å². The molecule has 1 aromatic rings. The number of ether oxygens (including phenoxy) is 1. The summed E-state index contributed by atoms with van der Waals surface area (Å²) in [4.78, 5) is 19.0. The van der Waals surface area contributed by atoms with Crippen molar-refractivity contribution in [2.75, 3.05) is 5.32 Å². The van der Waals surface area contributed by atoms with E-state index in [0.29, 0.717) is 30.0 Å². The molecule has 3 aliphatic rings. The van der Waals surface area contributed by atoms with E-state index >= 15 is 0 Å². The van der Waals surface area contributed by atoms with Gasteiger partial charge in [-0.2, -0.15) is 0 Å². The number of nitrogens with one attached hydrogen (secondary N) is 2. The number of hydrogen-bond acceptors (Lipinski definition) is 4. The third-order valence-electron chi connectivity index (χ3n) is 4.16. The van der Waals surface area contributed by atoms with Crippen molar-refractivity contribution in [2.24, 2.45) is 0 Å². The maximum Gasteiger partial charge on any atom is 0.252 e. The van der Waals surface area contributed by atoms with Gasteiger partial charge in [-0.05, 0) is 32.1 Å². The molecule has 0 spiro atoms. The normalized spacial score (nSPS) is 33.9. The summed E-state index contributed by atoms with van der Waals surface area (Å²) in [7, 11) is 0. The Balaban J connectivity index is 1.55. The first-order valence-corrected chi connectivity index (χ1v) is 6.81. The molecule has 2 N–H and O–H groups in total. The summed E-state index contributed by atoms with van der Waals surface area (Å²) in [6.07, 6.45) is 6.35. The third-order valence-corrected chi connectivity index (χ3v) is 4.16. The Morgan fingerprint density at radius 3 is 2.89 bits per heavy atom. The molecule has 5 nitrogen and oxygen atoms in total. The summed E-state index contributed by atoms with van der Waals surface area (Å²) in [6, 6.07) is 1.88. The fourth-order valence-electron chi connectivity index (χ4n) is 3.08. The lowest BCUT2D eigenvalue weighted by Crippen LogP contribution is -2.31. The highest BCUT2D eigenvalue weighted by molar-refractivity contribution is 5.36. The molecule has 18 heavy (non-hydrogen) atoms. The molecule has 3 fully saturated rings. The van der Waals surface area contributed by atoms with Crippen LogP contribution in [0.5, 0.6) is 0 Å². The quantitative estimate of drug-likeness (QED) is 0.846. The van der Waals surface area contributed by atoms with Crippen molar-refractivity contribution in [1.29, 1.82) is 0 Å². The highest BCUT2D eigenvalue weighted by atomic mass is 16.5. The number of H-pyrrole nitrogens is 1. The highest BCUT2D eigenvalue weighted by Crippen LogP contribution is 2.38. The van der Waals surface area contributed by atoms with Crippen LogP contribution in [0.15, 0.2) is 10.9 Å². The summed E-state index contributed by atoms with van der Waals surface area (Å²) in [5.41, 5.74) is -0.0570. The Kier molecular flexibility index (Phi) is 2.24. The first kappa shape index (κ1) is 10.6. The zero-order chi connectivity index (χ0) is 12.1. The monoisotopic (exact) mass is 247 g/mol. The summed E-state index contributed by atoms with van der Waals surface area (Å²) >= 11 is 0. The molecule has 0 radical (unpaired) electrons. The number of fused-ring (bicyclic) bond motifs is 2. The second kappa shape index (κ2) is 3.82. The van der Waals surface area contributed by atoms with Crippen LogP contribution in [-0.2, 0) is 4.74 Å². The minimum Gasteiger partial charge on any atom is -0.373 e. The van der Waals surface area contributed by atoms with E-state index in [2.05, 4.69) is 15.3 Å². The smallest absolute Gasteiger partial charge is 0.252 e. The topological polar surface area (TPSA) is 67.0 Å². The average molecular weight is 247 g/mol. The lowest BCUT2D eigenvalue weighted by atomic mass is 9.95. The van der Waals surface area contributed by atoms with Gasteiger partial charge in [0.1, 0.15) is 11.6 Å². The second-order valence-electron chi connectivity index (χ2n) is 5.65. The second-order valence-corrected chi connectivity index (χ2v) is 5.65. The van der Waals surface area contributed by atoms with Gasteiger partial charge in [0.2, 0.25) is 0 Å². The molecule has 5 heteroatoms. The summed E-state index contributed by atoms with van der Waals surface area (Å²) in [5, 5.41) is 3.38. The fourth-order valence-corrected chi connectivity index (χ4v) is 3.08. The molecule has 1 saturated carbocycles. The zero-order valence-electron chi connectivity index (χ0n) is 10.2. The van der Waals surface area contributed by atoms with Gasteiger partial charge in [-0.1, -0.05) is 0 Å². The van der Waals surface area contributed by atoms with Crippen LogP contribution in [0.4, 0.5) is 5.82 Å². The van der Waals surface area contributed by atoms with E-state index in [1.807, 2.05) is 0 Å². The van der Waals surface area contributed by atoms with Gasteiger partial charge in [-0.3, -0.25) is 4.79 Å². The number of aromatic amines is 1. The van der Waals surface area contributed by atoms with E-state index in [4.69, 9.17) is 4.74 Å². The van der Waals surface area contributed by atoms with Crippen molar-refractivity contribution < 1.29 is 4.74 Å². The SMILES string of the molecule is O=c1cc(NC2CC3CCC2O3)nc(C2CC2)[nH]1. The lowest BCUT2D eigenvalue weighted by molar-refractivity contribution is 0.102. The van der Waals surface area contributed by atoms with Crippen LogP contribution in [0.2, 0.25) is 0 Å². The van der Waals surface area contributed by atoms with E-state index < -0.39 is 0 Å². The Morgan fingerprint density at radius 1 is 1.33 bits per heavy atom. The van der Waals surface area contributed by atoms with Gasteiger partial charge in [-0.25, -0.2) is 4.98 Å². The van der Waals surface area contributed by atoms with Crippen molar-refractivity contribution in [3.63, 3.8) is 0 Å². The van der Waals surface area contributed by atoms with Gasteiger partial charge >= 0.3 is 0 Å². The van der Waals surface area contributed by atoms with E-state index in [9.17, 15) is 4.79 Å². The van der Waals surface area contributed by atoms with Crippen LogP contribution >= 0.6 is 0 Å². The third kappa shape index (κ3) is 1.82. The molecule has 0 amide bonds. The van der Waals surface area contributed by atoms with Crippen LogP contribution < -0.4 is 10.9 Å². The molecule has 0 aromatic carbocycles. The molecule has 3 heterocycles. The summed E-state index contributed by atoms with van der Waals surface area (Å²) in [5.74, 6) is 2.02. The largest absolute Gasteiger partial charge is 0.373 e. The molecule has 96 valence electrons. The lowest BCUT2D eigenvalue weighted by Gasteiger charge is -2.20. The summed E-state index contributed by atoms with van der Waals surface area (Å²) < 4.78 is 5.80. The molecule has 2 bridgehead atoms. The number of nitrogens with zero attached hydrogens (tertiary/aromatic N) is 1. The first-order chi connectivity index (χ1) is 8.78. The van der Waals surface area contributed by atoms with Gasteiger partial charge in [0.15, 0.2) is 0 Å². The van der Waals surface area contributed by atoms with Gasteiger partial charge in [0.25, 0.3) is 5.56 Å². The molecule has 4 rings (SSSR count). The Labute approximate surface area is 105 Å². The molecule has 1 aliphatic carbocycles. The predicted octanol–water partition coefficient (Wildman–Crippen LogP) is 1.38. The minimum absolute atomic E-state index is 0.0570. The molecule has 2 saturated heterocycles. The molecular weight excluding hydrogens is 230 g/mol. The van der Waals surface area contributed by atoms with Gasteiger partial charge in [0, 0.05) is 12.0 Å². The highest BCUT2D eigenvalue weighted by Gasteiger charge is 2.41.